The van der Waals surface area contributed by atoms with Gasteiger partial charge < -0.3 is 20.1 Å². The molecule has 0 unspecified atom stereocenters. The highest BCUT2D eigenvalue weighted by Crippen LogP contribution is 2.60. The van der Waals surface area contributed by atoms with E-state index in [1.165, 1.54) is 31.3 Å². The number of aliphatic hydroxyl groups excluding tert-OH is 3. The van der Waals surface area contributed by atoms with E-state index >= 15 is 0 Å². The zero-order valence-electron chi connectivity index (χ0n) is 24.7. The van der Waals surface area contributed by atoms with E-state index in [-0.39, 0.29) is 16.9 Å². The average molecular weight is 558 g/mol. The highest BCUT2D eigenvalue weighted by Gasteiger charge is 2.56. The second-order valence-electron chi connectivity index (χ2n) is 13.7. The van der Waals surface area contributed by atoms with Crippen molar-refractivity contribution in [1.82, 2.24) is 0 Å². The van der Waals surface area contributed by atoms with Gasteiger partial charge in [-0.2, -0.15) is 0 Å². The van der Waals surface area contributed by atoms with Crippen LogP contribution in [0.25, 0.3) is 0 Å². The standard InChI is InChI=1S/C36H47NO4/c1-23(11-16-33(40)36(18-19-36)34-37-31(22-41-34)26-8-5-4-6-9-26)29-14-15-30-25(10-7-17-35(29,30)3)12-13-27-20-28(38)21-32(39)24(27)2/h4-6,8-9,11-13,16,23,28-33,38-40H,2,7,10,14-15,17-22H2,1,3H3/t23-,28-,29-,30+,31+,32+,33+,35-/m1/s1. The Balaban J connectivity index is 1.13. The summed E-state index contributed by atoms with van der Waals surface area (Å²) in [6.07, 6.45) is 15.7. The molecule has 3 N–H and O–H groups in total. The van der Waals surface area contributed by atoms with E-state index in [1.54, 1.807) is 0 Å². The van der Waals surface area contributed by atoms with Gasteiger partial charge in [-0.05, 0) is 91.2 Å². The third kappa shape index (κ3) is 5.42. The van der Waals surface area contributed by atoms with Crippen LogP contribution >= 0.6 is 0 Å². The zero-order chi connectivity index (χ0) is 28.8. The van der Waals surface area contributed by atoms with Crippen LogP contribution in [0, 0.1) is 28.6 Å². The van der Waals surface area contributed by atoms with Crippen molar-refractivity contribution in [2.45, 2.75) is 96.0 Å². The minimum absolute atomic E-state index is 0.0182. The summed E-state index contributed by atoms with van der Waals surface area (Å²) in [5.74, 6) is 2.23. The maximum atomic E-state index is 11.3. The van der Waals surface area contributed by atoms with Crippen molar-refractivity contribution in [3.63, 3.8) is 0 Å². The van der Waals surface area contributed by atoms with Crippen LogP contribution in [0.3, 0.4) is 0 Å². The predicted molar refractivity (Wildman–Crippen MR) is 163 cm³/mol. The number of allylic oxidation sites excluding steroid dienone is 4. The lowest BCUT2D eigenvalue weighted by molar-refractivity contribution is 0.0862. The molecule has 1 aliphatic heterocycles. The van der Waals surface area contributed by atoms with Crippen molar-refractivity contribution < 1.29 is 20.1 Å². The Morgan fingerprint density at radius 1 is 1.07 bits per heavy atom. The zero-order valence-corrected chi connectivity index (χ0v) is 24.7. The fraction of sp³-hybridized carbons (Fsp3) is 0.583. The molecule has 4 fully saturated rings. The van der Waals surface area contributed by atoms with Gasteiger partial charge in [0.1, 0.15) is 12.6 Å². The Kier molecular flexibility index (Phi) is 7.90. The molecule has 220 valence electrons. The molecule has 0 saturated heterocycles. The maximum absolute atomic E-state index is 11.3. The predicted octanol–water partition coefficient (Wildman–Crippen LogP) is 6.63. The van der Waals surface area contributed by atoms with Crippen molar-refractivity contribution in [3.8, 4) is 0 Å². The molecular formula is C36H47NO4. The second kappa shape index (κ2) is 11.3. The molecule has 1 heterocycles. The van der Waals surface area contributed by atoms with Crippen LogP contribution in [0.1, 0.15) is 83.2 Å². The lowest BCUT2D eigenvalue weighted by Crippen LogP contribution is -2.35. The third-order valence-electron chi connectivity index (χ3n) is 11.1. The Bertz CT molecular complexity index is 1260. The molecule has 0 aromatic heterocycles. The van der Waals surface area contributed by atoms with E-state index in [0.717, 1.165) is 41.9 Å². The topological polar surface area (TPSA) is 82.3 Å². The fourth-order valence-corrected chi connectivity index (χ4v) is 8.47. The Morgan fingerprint density at radius 2 is 1.85 bits per heavy atom. The monoisotopic (exact) mass is 557 g/mol. The minimum atomic E-state index is -0.647. The number of rotatable bonds is 7. The summed E-state index contributed by atoms with van der Waals surface area (Å²) in [6.45, 7) is 9.45. The van der Waals surface area contributed by atoms with E-state index < -0.39 is 18.3 Å². The molecule has 0 bridgehead atoms. The highest BCUT2D eigenvalue weighted by atomic mass is 16.5. The average Bonchev–Trinajstić information content (AvgIpc) is 3.47. The third-order valence-corrected chi connectivity index (χ3v) is 11.1. The molecule has 6 rings (SSSR count). The first-order valence-corrected chi connectivity index (χ1v) is 15.8. The summed E-state index contributed by atoms with van der Waals surface area (Å²) < 4.78 is 6.07. The molecule has 0 radical (unpaired) electrons. The smallest absolute Gasteiger partial charge is 0.193 e. The summed E-state index contributed by atoms with van der Waals surface area (Å²) in [4.78, 5) is 4.91. The van der Waals surface area contributed by atoms with Crippen LogP contribution in [0.2, 0.25) is 0 Å². The van der Waals surface area contributed by atoms with Gasteiger partial charge in [0.05, 0.1) is 23.7 Å². The molecule has 4 saturated carbocycles. The number of hydrogen-bond acceptors (Lipinski definition) is 5. The van der Waals surface area contributed by atoms with Crippen molar-refractivity contribution in [3.05, 3.63) is 83.5 Å². The molecular weight excluding hydrogens is 510 g/mol. The van der Waals surface area contributed by atoms with E-state index in [9.17, 15) is 15.3 Å². The summed E-state index contributed by atoms with van der Waals surface area (Å²) >= 11 is 0. The van der Waals surface area contributed by atoms with Gasteiger partial charge >= 0.3 is 0 Å². The normalized spacial score (nSPS) is 38.1. The molecule has 5 aliphatic rings. The molecule has 8 atom stereocenters. The van der Waals surface area contributed by atoms with Gasteiger partial charge in [-0.25, -0.2) is 4.99 Å². The number of aliphatic hydroxyl groups is 3. The molecule has 1 aromatic carbocycles. The van der Waals surface area contributed by atoms with Crippen LogP contribution in [0.4, 0.5) is 0 Å². The van der Waals surface area contributed by atoms with Gasteiger partial charge in [0.25, 0.3) is 0 Å². The van der Waals surface area contributed by atoms with Crippen LogP contribution in [-0.4, -0.2) is 46.1 Å². The number of fused-ring (bicyclic) bond motifs is 1. The Morgan fingerprint density at radius 3 is 2.61 bits per heavy atom. The maximum Gasteiger partial charge on any atom is 0.193 e. The quantitative estimate of drug-likeness (QED) is 0.329. The second-order valence-corrected chi connectivity index (χ2v) is 13.7. The number of ether oxygens (including phenoxy) is 1. The van der Waals surface area contributed by atoms with E-state index in [4.69, 9.17) is 9.73 Å². The van der Waals surface area contributed by atoms with Crippen LogP contribution in [0.5, 0.6) is 0 Å². The first-order valence-electron chi connectivity index (χ1n) is 15.8. The lowest BCUT2D eigenvalue weighted by Gasteiger charge is -2.44. The van der Waals surface area contributed by atoms with Crippen molar-refractivity contribution in [1.29, 1.82) is 0 Å². The van der Waals surface area contributed by atoms with Gasteiger partial charge in [-0.3, -0.25) is 0 Å². The van der Waals surface area contributed by atoms with Gasteiger partial charge in [0, 0.05) is 6.42 Å². The SMILES string of the molecule is C=C1C(=CC=C2CCC[C@]3(C)[C@@H]([C@H](C)C=C[C@H](O)C4(C5=N[C@H](c6ccccc6)CO5)CC4)CC[C@@H]23)C[C@@H](O)C[C@@H]1O. The number of benzene rings is 1. The van der Waals surface area contributed by atoms with Crippen LogP contribution in [-0.2, 0) is 4.74 Å². The lowest BCUT2D eigenvalue weighted by atomic mass is 9.61. The summed E-state index contributed by atoms with van der Waals surface area (Å²) in [5.41, 5.74) is 4.28. The fourth-order valence-electron chi connectivity index (χ4n) is 8.47. The van der Waals surface area contributed by atoms with Crippen molar-refractivity contribution in [2.75, 3.05) is 6.61 Å². The van der Waals surface area contributed by atoms with Gasteiger partial charge in [0.2, 0.25) is 0 Å². The number of hydrogen-bond donors (Lipinski definition) is 3. The Hall–Kier alpha value is -2.47. The molecule has 5 heteroatoms. The molecule has 4 aliphatic carbocycles. The van der Waals surface area contributed by atoms with Gasteiger partial charge in [-0.1, -0.05) is 80.6 Å². The molecule has 0 amide bonds. The summed E-state index contributed by atoms with van der Waals surface area (Å²) in [5, 5.41) is 31.7. The largest absolute Gasteiger partial charge is 0.478 e. The molecule has 41 heavy (non-hydrogen) atoms. The molecule has 1 aromatic rings. The van der Waals surface area contributed by atoms with Crippen LogP contribution < -0.4 is 0 Å². The number of nitrogens with zero attached hydrogens (tertiary/aromatic N) is 1. The van der Waals surface area contributed by atoms with E-state index in [1.807, 2.05) is 24.3 Å². The number of aliphatic imine (C=N–C) groups is 1. The van der Waals surface area contributed by atoms with E-state index in [0.29, 0.717) is 37.2 Å². The summed E-state index contributed by atoms with van der Waals surface area (Å²) in [6, 6.07) is 10.3. The molecule has 5 nitrogen and oxygen atoms in total. The molecule has 0 spiro atoms. The highest BCUT2D eigenvalue weighted by molar-refractivity contribution is 5.87. The first-order chi connectivity index (χ1) is 19.7. The van der Waals surface area contributed by atoms with Gasteiger partial charge in [-0.15, -0.1) is 0 Å². The Labute approximate surface area is 245 Å². The first kappa shape index (κ1) is 28.6. The van der Waals surface area contributed by atoms with Crippen molar-refractivity contribution in [2.24, 2.45) is 33.6 Å². The summed E-state index contributed by atoms with van der Waals surface area (Å²) in [7, 11) is 0. The van der Waals surface area contributed by atoms with E-state index in [2.05, 4.69) is 50.8 Å². The van der Waals surface area contributed by atoms with Gasteiger partial charge in [0.15, 0.2) is 5.90 Å². The minimum Gasteiger partial charge on any atom is -0.478 e. The van der Waals surface area contributed by atoms with Crippen LogP contribution in [0.15, 0.2) is 82.9 Å². The van der Waals surface area contributed by atoms with Crippen molar-refractivity contribution >= 4 is 5.90 Å².